The fourth-order valence-corrected chi connectivity index (χ4v) is 6.23. The normalized spacial score (nSPS) is 23.6. The van der Waals surface area contributed by atoms with E-state index in [4.69, 9.17) is 19.6 Å². The van der Waals surface area contributed by atoms with Crippen LogP contribution in [0.15, 0.2) is 35.4 Å². The molecule has 5 heterocycles. The lowest BCUT2D eigenvalue weighted by Crippen LogP contribution is -2.36. The van der Waals surface area contributed by atoms with E-state index in [2.05, 4.69) is 4.98 Å². The number of primary sulfonamides is 1. The molecule has 6 rings (SSSR count). The number of carbonyl (C=O) groups excluding carboxylic acids is 2. The molecule has 2 aromatic rings. The molecule has 2 N–H and O–H groups in total. The monoisotopic (exact) mass is 555 g/mol. The molecule has 39 heavy (non-hydrogen) atoms. The summed E-state index contributed by atoms with van der Waals surface area (Å²) in [6, 6.07) is 6.37. The zero-order valence-corrected chi connectivity index (χ0v) is 22.5. The summed E-state index contributed by atoms with van der Waals surface area (Å²) in [7, 11) is -3.87. The highest BCUT2D eigenvalue weighted by atomic mass is 32.2. The molecular formula is C27H33N5O6S. The fraction of sp³-hybridized carbons (Fsp3) is 0.556. The number of hydrogen-bond acceptors (Lipinski definition) is 8. The van der Waals surface area contributed by atoms with Gasteiger partial charge in [0.2, 0.25) is 15.9 Å². The van der Waals surface area contributed by atoms with Gasteiger partial charge < -0.3 is 19.3 Å². The van der Waals surface area contributed by atoms with Gasteiger partial charge in [0.25, 0.3) is 11.8 Å². The molecular weight excluding hydrogens is 522 g/mol. The standard InChI is InChI=1S/C27H33N5O6S/c28-39(35,36)22-3-4-23(29-11-22)27(34)32-14-20-12-31(13-21(20)15-32)26(33)19-9-24(18-1-2-18)30-25(10-19)38-16-17-5-7-37-8-6-17/h3-4,9-11,17-18,20-21H,1-2,5-8,12-16H2,(H2,28,35,36). The first-order valence-electron chi connectivity index (χ1n) is 13.5. The predicted octanol–water partition coefficient (Wildman–Crippen LogP) is 1.65. The molecule has 0 bridgehead atoms. The zero-order chi connectivity index (χ0) is 27.1. The van der Waals surface area contributed by atoms with E-state index in [9.17, 15) is 18.0 Å². The lowest BCUT2D eigenvalue weighted by atomic mass is 10.0. The number of likely N-dealkylation sites (tertiary alicyclic amines) is 2. The average Bonchev–Trinajstić information content (AvgIpc) is 3.61. The summed E-state index contributed by atoms with van der Waals surface area (Å²) < 4.78 is 34.4. The Labute approximate surface area is 227 Å². The summed E-state index contributed by atoms with van der Waals surface area (Å²) in [6.07, 6.45) is 5.22. The Balaban J connectivity index is 1.09. The van der Waals surface area contributed by atoms with E-state index in [1.807, 2.05) is 11.0 Å². The molecule has 0 radical (unpaired) electrons. The van der Waals surface area contributed by atoms with Crippen LogP contribution in [0.5, 0.6) is 5.88 Å². The van der Waals surface area contributed by atoms with E-state index in [-0.39, 0.29) is 34.2 Å². The first-order valence-corrected chi connectivity index (χ1v) is 15.1. The van der Waals surface area contributed by atoms with Crippen molar-refractivity contribution in [2.24, 2.45) is 22.9 Å². The second-order valence-corrected chi connectivity index (χ2v) is 12.7. The number of hydrogen-bond donors (Lipinski definition) is 1. The Kier molecular flexibility index (Phi) is 7.02. The number of ether oxygens (including phenoxy) is 2. The van der Waals surface area contributed by atoms with Crippen molar-refractivity contribution in [1.29, 1.82) is 0 Å². The SMILES string of the molecule is NS(=O)(=O)c1ccc(C(=O)N2CC3CN(C(=O)c4cc(OCC5CCOCC5)nc(C5CC5)c4)CC3C2)nc1. The fourth-order valence-electron chi connectivity index (χ4n) is 5.77. The molecule has 12 heteroatoms. The van der Waals surface area contributed by atoms with Gasteiger partial charge in [-0.25, -0.2) is 23.5 Å². The summed E-state index contributed by atoms with van der Waals surface area (Å²) in [6.45, 7) is 4.29. The van der Waals surface area contributed by atoms with Crippen LogP contribution in [0.4, 0.5) is 0 Å². The van der Waals surface area contributed by atoms with Crippen LogP contribution in [-0.4, -0.2) is 86.0 Å². The van der Waals surface area contributed by atoms with E-state index in [1.165, 1.54) is 12.1 Å². The average molecular weight is 556 g/mol. The summed E-state index contributed by atoms with van der Waals surface area (Å²) in [5.41, 5.74) is 1.72. The number of sulfonamides is 1. The number of nitrogens with zero attached hydrogens (tertiary/aromatic N) is 4. The maximum Gasteiger partial charge on any atom is 0.272 e. The molecule has 1 saturated carbocycles. The van der Waals surface area contributed by atoms with Gasteiger partial charge in [0.05, 0.1) is 6.61 Å². The minimum absolute atomic E-state index is 0.0252. The Hall–Kier alpha value is -3.09. The molecule has 2 unspecified atom stereocenters. The Morgan fingerprint density at radius 2 is 1.64 bits per heavy atom. The van der Waals surface area contributed by atoms with Crippen molar-refractivity contribution in [3.63, 3.8) is 0 Å². The first kappa shape index (κ1) is 26.1. The van der Waals surface area contributed by atoms with E-state index < -0.39 is 10.0 Å². The minimum Gasteiger partial charge on any atom is -0.477 e. The van der Waals surface area contributed by atoms with Gasteiger partial charge in [0.15, 0.2) is 0 Å². The number of nitrogens with two attached hydrogens (primary N) is 1. The highest BCUT2D eigenvalue weighted by molar-refractivity contribution is 7.89. The minimum atomic E-state index is -3.87. The highest BCUT2D eigenvalue weighted by Gasteiger charge is 2.43. The van der Waals surface area contributed by atoms with Crippen molar-refractivity contribution in [3.8, 4) is 5.88 Å². The van der Waals surface area contributed by atoms with Gasteiger partial charge in [-0.2, -0.15) is 0 Å². The van der Waals surface area contributed by atoms with Gasteiger partial charge >= 0.3 is 0 Å². The molecule has 0 spiro atoms. The molecule has 11 nitrogen and oxygen atoms in total. The summed E-state index contributed by atoms with van der Waals surface area (Å²) >= 11 is 0. The van der Waals surface area contributed by atoms with E-state index in [1.54, 1.807) is 11.0 Å². The largest absolute Gasteiger partial charge is 0.477 e. The number of aromatic nitrogens is 2. The summed E-state index contributed by atoms with van der Waals surface area (Å²) in [5, 5.41) is 5.12. The van der Waals surface area contributed by atoms with Gasteiger partial charge in [0.1, 0.15) is 10.6 Å². The number of amides is 2. The van der Waals surface area contributed by atoms with Crippen molar-refractivity contribution in [3.05, 3.63) is 47.4 Å². The predicted molar refractivity (Wildman–Crippen MR) is 140 cm³/mol. The number of carbonyl (C=O) groups is 2. The van der Waals surface area contributed by atoms with E-state index in [0.29, 0.717) is 56.1 Å². The first-order chi connectivity index (χ1) is 18.7. The Bertz CT molecular complexity index is 1340. The topological polar surface area (TPSA) is 145 Å². The van der Waals surface area contributed by atoms with Crippen LogP contribution in [-0.2, 0) is 14.8 Å². The molecule has 1 aliphatic carbocycles. The molecule has 4 aliphatic rings. The lowest BCUT2D eigenvalue weighted by molar-refractivity contribution is 0.0490. The molecule has 2 amide bonds. The van der Waals surface area contributed by atoms with Crippen LogP contribution in [0.3, 0.4) is 0 Å². The quantitative estimate of drug-likeness (QED) is 0.543. The highest BCUT2D eigenvalue weighted by Crippen LogP contribution is 2.40. The number of pyridine rings is 2. The number of rotatable bonds is 7. The van der Waals surface area contributed by atoms with Crippen LogP contribution < -0.4 is 9.88 Å². The second-order valence-electron chi connectivity index (χ2n) is 11.1. The van der Waals surface area contributed by atoms with Crippen LogP contribution in [0, 0.1) is 17.8 Å². The van der Waals surface area contributed by atoms with Crippen molar-refractivity contribution in [2.75, 3.05) is 46.0 Å². The van der Waals surface area contributed by atoms with Crippen molar-refractivity contribution < 1.29 is 27.5 Å². The van der Waals surface area contributed by atoms with Gasteiger partial charge in [-0.1, -0.05) is 0 Å². The second kappa shape index (κ2) is 10.5. The smallest absolute Gasteiger partial charge is 0.272 e. The van der Waals surface area contributed by atoms with E-state index in [0.717, 1.165) is 50.8 Å². The molecule has 3 saturated heterocycles. The Morgan fingerprint density at radius 3 is 2.23 bits per heavy atom. The third-order valence-electron chi connectivity index (χ3n) is 8.22. The maximum atomic E-state index is 13.6. The van der Waals surface area contributed by atoms with Crippen LogP contribution >= 0.6 is 0 Å². The maximum absolute atomic E-state index is 13.6. The third kappa shape index (κ3) is 5.78. The van der Waals surface area contributed by atoms with Gasteiger partial charge in [0, 0.05) is 80.7 Å². The van der Waals surface area contributed by atoms with Crippen molar-refractivity contribution in [2.45, 2.75) is 36.5 Å². The molecule has 0 aromatic carbocycles. The summed E-state index contributed by atoms with van der Waals surface area (Å²) in [4.78, 5) is 38.7. The van der Waals surface area contributed by atoms with Crippen molar-refractivity contribution in [1.82, 2.24) is 19.8 Å². The van der Waals surface area contributed by atoms with Crippen LogP contribution in [0.2, 0.25) is 0 Å². The molecule has 4 fully saturated rings. The molecule has 208 valence electrons. The molecule has 2 aromatic heterocycles. The zero-order valence-electron chi connectivity index (χ0n) is 21.7. The van der Waals surface area contributed by atoms with Crippen molar-refractivity contribution >= 4 is 21.8 Å². The van der Waals surface area contributed by atoms with Gasteiger partial charge in [-0.3, -0.25) is 9.59 Å². The number of fused-ring (bicyclic) bond motifs is 1. The lowest BCUT2D eigenvalue weighted by Gasteiger charge is -2.23. The van der Waals surface area contributed by atoms with Gasteiger partial charge in [-0.05, 0) is 49.8 Å². The van der Waals surface area contributed by atoms with E-state index >= 15 is 0 Å². The van der Waals surface area contributed by atoms with Crippen LogP contribution in [0.1, 0.15) is 58.1 Å². The summed E-state index contributed by atoms with van der Waals surface area (Å²) in [5.74, 6) is 1.43. The van der Waals surface area contributed by atoms with Gasteiger partial charge in [-0.15, -0.1) is 0 Å². The van der Waals surface area contributed by atoms with Crippen LogP contribution in [0.25, 0.3) is 0 Å². The third-order valence-corrected chi connectivity index (χ3v) is 9.12. The molecule has 2 atom stereocenters. The molecule has 3 aliphatic heterocycles. The Morgan fingerprint density at radius 1 is 0.974 bits per heavy atom.